The molecule has 0 saturated carbocycles. The first-order valence-corrected chi connectivity index (χ1v) is 6.49. The first-order chi connectivity index (χ1) is 7.50. The molecular formula is C11H18IN3O. The molecular weight excluding hydrogens is 317 g/mol. The molecule has 4 N–H and O–H groups in total. The number of rotatable bonds is 5. The maximum atomic E-state index is 11.7. The number of carbonyl (C=O) groups excluding carboxylic acids is 1. The Hall–Kier alpha value is -0.560. The fourth-order valence-corrected chi connectivity index (χ4v) is 1.82. The number of halogens is 1. The molecule has 0 unspecified atom stereocenters. The van der Waals surface area contributed by atoms with Crippen molar-refractivity contribution in [3.63, 3.8) is 0 Å². The third-order valence-electron chi connectivity index (χ3n) is 2.90. The second-order valence-corrected chi connectivity index (χ2v) is 5.23. The number of aromatic amines is 1. The van der Waals surface area contributed by atoms with Gasteiger partial charge >= 0.3 is 0 Å². The number of aromatic nitrogens is 1. The van der Waals surface area contributed by atoms with Crippen molar-refractivity contribution in [3.8, 4) is 0 Å². The van der Waals surface area contributed by atoms with E-state index < -0.39 is 0 Å². The normalized spacial score (nSPS) is 11.5. The van der Waals surface area contributed by atoms with Gasteiger partial charge in [0, 0.05) is 21.9 Å². The predicted octanol–water partition coefficient (Wildman–Crippen LogP) is 1.87. The minimum Gasteiger partial charge on any atom is -0.356 e. The summed E-state index contributed by atoms with van der Waals surface area (Å²) in [5, 5.41) is 2.86. The van der Waals surface area contributed by atoms with Crippen molar-refractivity contribution in [2.45, 2.75) is 32.2 Å². The van der Waals surface area contributed by atoms with E-state index in [-0.39, 0.29) is 11.4 Å². The Morgan fingerprint density at radius 3 is 2.62 bits per heavy atom. The topological polar surface area (TPSA) is 70.9 Å². The molecule has 0 aliphatic rings. The monoisotopic (exact) mass is 335 g/mol. The van der Waals surface area contributed by atoms with E-state index in [0.29, 0.717) is 12.2 Å². The molecule has 0 radical (unpaired) electrons. The van der Waals surface area contributed by atoms with Gasteiger partial charge in [0.25, 0.3) is 5.91 Å². The third kappa shape index (κ3) is 3.48. The van der Waals surface area contributed by atoms with Crippen LogP contribution in [0.5, 0.6) is 0 Å². The zero-order valence-electron chi connectivity index (χ0n) is 9.64. The Morgan fingerprint density at radius 1 is 1.56 bits per heavy atom. The third-order valence-corrected chi connectivity index (χ3v) is 3.52. The molecule has 1 amide bonds. The van der Waals surface area contributed by atoms with Crippen molar-refractivity contribution < 1.29 is 4.79 Å². The highest BCUT2D eigenvalue weighted by Crippen LogP contribution is 2.10. The Kier molecular flexibility index (Phi) is 4.79. The van der Waals surface area contributed by atoms with Crippen molar-refractivity contribution >= 4 is 28.5 Å². The molecule has 0 fully saturated rings. The second-order valence-electron chi connectivity index (χ2n) is 3.98. The Bertz CT molecular complexity index is 358. The number of H-pyrrole nitrogens is 1. The van der Waals surface area contributed by atoms with E-state index in [1.165, 1.54) is 0 Å². The molecule has 1 heterocycles. The van der Waals surface area contributed by atoms with Crippen LogP contribution in [0.15, 0.2) is 12.3 Å². The van der Waals surface area contributed by atoms with Gasteiger partial charge in [-0.1, -0.05) is 13.8 Å². The van der Waals surface area contributed by atoms with E-state index in [1.54, 1.807) is 6.20 Å². The van der Waals surface area contributed by atoms with E-state index in [1.807, 2.05) is 19.9 Å². The predicted molar refractivity (Wildman–Crippen MR) is 73.3 cm³/mol. The summed E-state index contributed by atoms with van der Waals surface area (Å²) in [5.74, 6) is -0.0976. The van der Waals surface area contributed by atoms with Crippen LogP contribution in [0.3, 0.4) is 0 Å². The van der Waals surface area contributed by atoms with Gasteiger partial charge in [0.05, 0.1) is 0 Å². The Balaban J connectivity index is 2.53. The molecule has 5 heteroatoms. The van der Waals surface area contributed by atoms with Gasteiger partial charge in [-0.15, -0.1) is 0 Å². The Labute approximate surface area is 110 Å². The van der Waals surface area contributed by atoms with E-state index in [4.69, 9.17) is 5.73 Å². The summed E-state index contributed by atoms with van der Waals surface area (Å²) < 4.78 is 1.02. The molecule has 1 aromatic heterocycles. The highest BCUT2D eigenvalue weighted by Gasteiger charge is 2.21. The van der Waals surface area contributed by atoms with E-state index >= 15 is 0 Å². The van der Waals surface area contributed by atoms with Gasteiger partial charge in [-0.25, -0.2) is 0 Å². The van der Waals surface area contributed by atoms with Crippen LogP contribution in [0.4, 0.5) is 0 Å². The lowest BCUT2D eigenvalue weighted by atomic mass is 9.94. The second kappa shape index (κ2) is 5.67. The smallest absolute Gasteiger partial charge is 0.267 e. The van der Waals surface area contributed by atoms with Gasteiger partial charge in [-0.2, -0.15) is 0 Å². The number of nitrogens with one attached hydrogen (secondary N) is 2. The highest BCUT2D eigenvalue weighted by molar-refractivity contribution is 14.1. The van der Waals surface area contributed by atoms with Crippen LogP contribution in [0.2, 0.25) is 0 Å². The molecule has 1 aromatic rings. The molecule has 90 valence electrons. The van der Waals surface area contributed by atoms with E-state index in [2.05, 4.69) is 32.9 Å². The summed E-state index contributed by atoms with van der Waals surface area (Å²) in [5.41, 5.74) is 6.39. The van der Waals surface area contributed by atoms with Crippen molar-refractivity contribution in [2.75, 3.05) is 6.54 Å². The summed E-state index contributed by atoms with van der Waals surface area (Å²) in [6, 6.07) is 1.81. The van der Waals surface area contributed by atoms with Crippen molar-refractivity contribution in [2.24, 2.45) is 5.73 Å². The van der Waals surface area contributed by atoms with Gasteiger partial charge in [0.1, 0.15) is 5.69 Å². The van der Waals surface area contributed by atoms with Crippen LogP contribution in [0.1, 0.15) is 37.2 Å². The van der Waals surface area contributed by atoms with Crippen molar-refractivity contribution in [1.29, 1.82) is 0 Å². The number of hydrogen-bond donors (Lipinski definition) is 3. The van der Waals surface area contributed by atoms with Crippen molar-refractivity contribution in [1.82, 2.24) is 10.3 Å². The molecule has 0 atom stereocenters. The van der Waals surface area contributed by atoms with Crippen LogP contribution in [0, 0.1) is 3.57 Å². The van der Waals surface area contributed by atoms with Gasteiger partial charge in [-0.05, 0) is 41.5 Å². The quantitative estimate of drug-likeness (QED) is 0.719. The number of nitrogens with two attached hydrogens (primary N) is 1. The average Bonchev–Trinajstić information content (AvgIpc) is 2.72. The standard InChI is InChI=1S/C11H18IN3O/c1-3-11(13,4-2)7-15-10(16)9-5-8(12)6-14-9/h5-6,14H,3-4,7,13H2,1-2H3,(H,15,16). The van der Waals surface area contributed by atoms with Gasteiger partial charge < -0.3 is 16.0 Å². The summed E-state index contributed by atoms with van der Waals surface area (Å²) in [6.45, 7) is 4.58. The van der Waals surface area contributed by atoms with Gasteiger partial charge in [0.2, 0.25) is 0 Å². The summed E-state index contributed by atoms with van der Waals surface area (Å²) >= 11 is 2.16. The minimum atomic E-state index is -0.296. The number of carbonyl (C=O) groups is 1. The molecule has 16 heavy (non-hydrogen) atoms. The summed E-state index contributed by atoms with van der Waals surface area (Å²) in [6.07, 6.45) is 3.50. The summed E-state index contributed by atoms with van der Waals surface area (Å²) in [7, 11) is 0. The molecule has 0 spiro atoms. The van der Waals surface area contributed by atoms with E-state index in [9.17, 15) is 4.79 Å². The van der Waals surface area contributed by atoms with Crippen LogP contribution in [-0.4, -0.2) is 23.0 Å². The maximum Gasteiger partial charge on any atom is 0.267 e. The Morgan fingerprint density at radius 2 is 2.19 bits per heavy atom. The molecule has 0 bridgehead atoms. The molecule has 0 saturated heterocycles. The lowest BCUT2D eigenvalue weighted by molar-refractivity contribution is 0.0938. The molecule has 1 rings (SSSR count). The first-order valence-electron chi connectivity index (χ1n) is 5.41. The molecule has 4 nitrogen and oxygen atoms in total. The minimum absolute atomic E-state index is 0.0976. The lowest BCUT2D eigenvalue weighted by Crippen LogP contribution is -2.49. The molecule has 0 aliphatic carbocycles. The summed E-state index contributed by atoms with van der Waals surface area (Å²) in [4.78, 5) is 14.7. The fraction of sp³-hybridized carbons (Fsp3) is 0.545. The van der Waals surface area contributed by atoms with Crippen LogP contribution in [-0.2, 0) is 0 Å². The fourth-order valence-electron chi connectivity index (χ4n) is 1.35. The van der Waals surface area contributed by atoms with E-state index in [0.717, 1.165) is 16.4 Å². The SMILES string of the molecule is CCC(N)(CC)CNC(=O)c1cc(I)c[nH]1. The number of amides is 1. The largest absolute Gasteiger partial charge is 0.356 e. The van der Waals surface area contributed by atoms with Crippen LogP contribution >= 0.6 is 22.6 Å². The lowest BCUT2D eigenvalue weighted by Gasteiger charge is -2.26. The molecule has 0 aromatic carbocycles. The average molecular weight is 335 g/mol. The van der Waals surface area contributed by atoms with Gasteiger partial charge in [0.15, 0.2) is 0 Å². The zero-order valence-corrected chi connectivity index (χ0v) is 11.8. The van der Waals surface area contributed by atoms with Gasteiger partial charge in [-0.3, -0.25) is 4.79 Å². The van der Waals surface area contributed by atoms with Crippen LogP contribution < -0.4 is 11.1 Å². The van der Waals surface area contributed by atoms with Crippen LogP contribution in [0.25, 0.3) is 0 Å². The highest BCUT2D eigenvalue weighted by atomic mass is 127. The maximum absolute atomic E-state index is 11.7. The number of hydrogen-bond acceptors (Lipinski definition) is 2. The molecule has 0 aliphatic heterocycles. The first kappa shape index (κ1) is 13.5. The zero-order chi connectivity index (χ0) is 12.2. The van der Waals surface area contributed by atoms with Crippen molar-refractivity contribution in [3.05, 3.63) is 21.5 Å².